The second-order valence-electron chi connectivity index (χ2n) is 6.19. The highest BCUT2D eigenvalue weighted by Gasteiger charge is 2.23. The van der Waals surface area contributed by atoms with E-state index in [9.17, 15) is 4.79 Å². The van der Waals surface area contributed by atoms with Crippen LogP contribution in [-0.4, -0.2) is 43.1 Å². The number of aldehydes is 1. The van der Waals surface area contributed by atoms with Crippen LogP contribution in [0.2, 0.25) is 10.0 Å². The Bertz CT molecular complexity index is 538. The van der Waals surface area contributed by atoms with Crippen molar-refractivity contribution in [2.75, 3.05) is 20.2 Å². The normalized spacial score (nSPS) is 13.0. The monoisotopic (exact) mass is 391 g/mol. The van der Waals surface area contributed by atoms with Crippen molar-refractivity contribution in [3.8, 4) is 5.75 Å². The topological polar surface area (TPSA) is 55.8 Å². The fourth-order valence-electron chi connectivity index (χ4n) is 1.83. The van der Waals surface area contributed by atoms with E-state index in [1.54, 1.807) is 30.2 Å². The third kappa shape index (κ3) is 10.9. The maximum atomic E-state index is 11.4. The number of halogens is 2. The van der Waals surface area contributed by atoms with Crippen molar-refractivity contribution in [1.82, 2.24) is 4.90 Å². The molecule has 2 rings (SSSR count). The van der Waals surface area contributed by atoms with Gasteiger partial charge in [0, 0.05) is 19.2 Å². The number of likely N-dealkylation sites (tertiary alicyclic amines) is 1. The van der Waals surface area contributed by atoms with Crippen molar-refractivity contribution in [2.45, 2.75) is 46.1 Å². The Kier molecular flexibility index (Phi) is 11.3. The second kappa shape index (κ2) is 12.0. The lowest BCUT2D eigenvalue weighted by Gasteiger charge is -2.23. The van der Waals surface area contributed by atoms with E-state index in [1.807, 2.05) is 20.8 Å². The van der Waals surface area contributed by atoms with Gasteiger partial charge in [-0.15, -0.1) is 0 Å². The Morgan fingerprint density at radius 1 is 1.16 bits per heavy atom. The van der Waals surface area contributed by atoms with Crippen molar-refractivity contribution in [3.05, 3.63) is 28.2 Å². The molecule has 0 N–H and O–H groups in total. The van der Waals surface area contributed by atoms with Gasteiger partial charge in [0.1, 0.15) is 17.6 Å². The van der Waals surface area contributed by atoms with Crippen LogP contribution in [0.3, 0.4) is 0 Å². The quantitative estimate of drug-likeness (QED) is 0.615. The van der Waals surface area contributed by atoms with Gasteiger partial charge in [-0.2, -0.15) is 0 Å². The number of hydrogen-bond donors (Lipinski definition) is 0. The van der Waals surface area contributed by atoms with E-state index in [-0.39, 0.29) is 11.7 Å². The number of carbonyl (C=O) groups is 2. The molecule has 0 unspecified atom stereocenters. The van der Waals surface area contributed by atoms with Gasteiger partial charge in [0.15, 0.2) is 0 Å². The summed E-state index contributed by atoms with van der Waals surface area (Å²) >= 11 is 11.3. The fraction of sp³-hybridized carbons (Fsp3) is 0.556. The maximum absolute atomic E-state index is 11.4. The summed E-state index contributed by atoms with van der Waals surface area (Å²) in [4.78, 5) is 21.9. The van der Waals surface area contributed by atoms with Crippen LogP contribution in [0.5, 0.6) is 5.75 Å². The number of ether oxygens (including phenoxy) is 2. The van der Waals surface area contributed by atoms with Crippen LogP contribution in [0.25, 0.3) is 0 Å². The summed E-state index contributed by atoms with van der Waals surface area (Å²) < 4.78 is 10.1. The summed E-state index contributed by atoms with van der Waals surface area (Å²) in [6.07, 6.45) is 2.80. The predicted octanol–water partition coefficient (Wildman–Crippen LogP) is 5.22. The van der Waals surface area contributed by atoms with E-state index in [4.69, 9.17) is 37.5 Å². The summed E-state index contributed by atoms with van der Waals surface area (Å²) in [5.74, 6) is 0.717. The Hall–Kier alpha value is -1.46. The molecule has 1 heterocycles. The largest absolute Gasteiger partial charge is 0.497 e. The molecule has 0 atom stereocenters. The highest BCUT2D eigenvalue weighted by atomic mass is 35.5. The lowest BCUT2D eigenvalue weighted by Crippen LogP contribution is -2.34. The van der Waals surface area contributed by atoms with Gasteiger partial charge in [0.25, 0.3) is 0 Å². The Balaban J connectivity index is 0.000000403. The van der Waals surface area contributed by atoms with Crippen LogP contribution in [0, 0.1) is 0 Å². The molecule has 1 aliphatic heterocycles. The molecule has 7 heteroatoms. The van der Waals surface area contributed by atoms with Crippen molar-refractivity contribution < 1.29 is 19.1 Å². The van der Waals surface area contributed by atoms with Crippen molar-refractivity contribution in [3.63, 3.8) is 0 Å². The first-order valence-electron chi connectivity index (χ1n) is 8.01. The Morgan fingerprint density at radius 3 is 2.08 bits per heavy atom. The van der Waals surface area contributed by atoms with Crippen LogP contribution in [0.4, 0.5) is 4.79 Å². The molecular formula is C18H27Cl2NO4. The van der Waals surface area contributed by atoms with Gasteiger partial charge < -0.3 is 19.2 Å². The van der Waals surface area contributed by atoms with Gasteiger partial charge in [-0.1, -0.05) is 23.2 Å². The summed E-state index contributed by atoms with van der Waals surface area (Å²) in [7, 11) is 1.58. The summed E-state index contributed by atoms with van der Waals surface area (Å²) in [6.45, 7) is 8.83. The highest BCUT2D eigenvalue weighted by Crippen LogP contribution is 2.25. The fourth-order valence-corrected chi connectivity index (χ4v) is 2.12. The lowest BCUT2D eigenvalue weighted by atomic mass is 10.2. The average molecular weight is 392 g/mol. The van der Waals surface area contributed by atoms with E-state index in [1.165, 1.54) is 6.92 Å². The second-order valence-corrected chi connectivity index (χ2v) is 7.00. The number of benzene rings is 1. The summed E-state index contributed by atoms with van der Waals surface area (Å²) in [6, 6.07) is 5.13. The third-order valence-corrected chi connectivity index (χ3v) is 3.62. The smallest absolute Gasteiger partial charge is 0.410 e. The lowest BCUT2D eigenvalue weighted by molar-refractivity contribution is -0.106. The van der Waals surface area contributed by atoms with E-state index in [0.29, 0.717) is 10.0 Å². The number of amides is 1. The molecule has 0 radical (unpaired) electrons. The van der Waals surface area contributed by atoms with Crippen molar-refractivity contribution in [1.29, 1.82) is 0 Å². The number of methoxy groups -OCH3 is 1. The average Bonchev–Trinajstić information content (AvgIpc) is 3.04. The van der Waals surface area contributed by atoms with Crippen molar-refractivity contribution in [2.24, 2.45) is 0 Å². The number of nitrogens with zero attached hydrogens (tertiary/aromatic N) is 1. The first-order valence-corrected chi connectivity index (χ1v) is 8.77. The first-order chi connectivity index (χ1) is 11.6. The molecule has 25 heavy (non-hydrogen) atoms. The highest BCUT2D eigenvalue weighted by molar-refractivity contribution is 6.42. The summed E-state index contributed by atoms with van der Waals surface area (Å²) in [5.41, 5.74) is -0.361. The van der Waals surface area contributed by atoms with Gasteiger partial charge in [-0.05, 0) is 52.7 Å². The number of rotatable bonds is 1. The predicted molar refractivity (Wildman–Crippen MR) is 102 cm³/mol. The van der Waals surface area contributed by atoms with Crippen molar-refractivity contribution >= 4 is 35.6 Å². The minimum absolute atomic E-state index is 0.167. The molecule has 1 fully saturated rings. The minimum Gasteiger partial charge on any atom is -0.497 e. The van der Waals surface area contributed by atoms with E-state index in [2.05, 4.69) is 0 Å². The standard InChI is InChI=1S/C9H17NO2.C7H6Cl2O.C2H4O/c1-9(2,3)12-8(11)10-6-4-5-7-10;1-10-5-2-3-6(8)7(9)4-5;1-2-3/h4-7H2,1-3H3;2-4H,1H3;2H,1H3. The molecule has 142 valence electrons. The van der Waals surface area contributed by atoms with Gasteiger partial charge >= 0.3 is 6.09 Å². The van der Waals surface area contributed by atoms with E-state index < -0.39 is 0 Å². The molecule has 1 aromatic rings. The van der Waals surface area contributed by atoms with Crippen LogP contribution in [0.1, 0.15) is 40.5 Å². The zero-order valence-electron chi connectivity index (χ0n) is 15.5. The first kappa shape index (κ1) is 23.5. The molecule has 0 aromatic heterocycles. The molecule has 0 aliphatic carbocycles. The zero-order chi connectivity index (χ0) is 19.5. The van der Waals surface area contributed by atoms with Gasteiger partial charge in [0.2, 0.25) is 0 Å². The molecule has 0 saturated carbocycles. The van der Waals surface area contributed by atoms with Crippen LogP contribution < -0.4 is 4.74 Å². The van der Waals surface area contributed by atoms with Gasteiger partial charge in [-0.3, -0.25) is 0 Å². The molecule has 1 amide bonds. The summed E-state index contributed by atoms with van der Waals surface area (Å²) in [5, 5.41) is 1.06. The molecule has 0 spiro atoms. The SMILES string of the molecule is CC(C)(C)OC(=O)N1CCCC1.CC=O.COc1ccc(Cl)c(Cl)c1. The molecule has 1 aliphatic rings. The molecular weight excluding hydrogens is 365 g/mol. The molecule has 5 nitrogen and oxygen atoms in total. The zero-order valence-corrected chi connectivity index (χ0v) is 17.0. The van der Waals surface area contributed by atoms with E-state index in [0.717, 1.165) is 38.0 Å². The molecule has 1 aromatic carbocycles. The number of hydrogen-bond acceptors (Lipinski definition) is 4. The maximum Gasteiger partial charge on any atom is 0.410 e. The third-order valence-electron chi connectivity index (χ3n) is 2.88. The Labute approximate surface area is 160 Å². The molecule has 1 saturated heterocycles. The van der Waals surface area contributed by atoms with E-state index >= 15 is 0 Å². The van der Waals surface area contributed by atoms with Crippen LogP contribution in [0.15, 0.2) is 18.2 Å². The van der Waals surface area contributed by atoms with Crippen LogP contribution >= 0.6 is 23.2 Å². The van der Waals surface area contributed by atoms with Crippen LogP contribution in [-0.2, 0) is 9.53 Å². The van der Waals surface area contributed by atoms with Gasteiger partial charge in [0.05, 0.1) is 17.2 Å². The number of carbonyl (C=O) groups excluding carboxylic acids is 2. The molecule has 0 bridgehead atoms. The Morgan fingerprint density at radius 2 is 1.68 bits per heavy atom. The minimum atomic E-state index is -0.361. The van der Waals surface area contributed by atoms with Gasteiger partial charge in [-0.25, -0.2) is 4.79 Å².